The van der Waals surface area contributed by atoms with Crippen molar-refractivity contribution in [3.63, 3.8) is 0 Å². The highest BCUT2D eigenvalue weighted by Gasteiger charge is 2.63. The van der Waals surface area contributed by atoms with Crippen molar-refractivity contribution in [3.8, 4) is 16.9 Å². The number of nitrogens with zero attached hydrogens (tertiary/aromatic N) is 1. The molecule has 1 aromatic heterocycles. The molecule has 132 valence electrons. The highest BCUT2D eigenvalue weighted by molar-refractivity contribution is 7.10. The molecule has 0 aliphatic carbocycles. The van der Waals surface area contributed by atoms with Crippen molar-refractivity contribution in [3.05, 3.63) is 70.2 Å². The molecule has 7 nitrogen and oxygen atoms in total. The number of thiazole rings is 1. The van der Waals surface area contributed by atoms with E-state index in [9.17, 15) is 20.1 Å². The molecule has 26 heavy (non-hydrogen) atoms. The van der Waals surface area contributed by atoms with Crippen molar-refractivity contribution < 1.29 is 30.0 Å². The van der Waals surface area contributed by atoms with E-state index in [2.05, 4.69) is 4.98 Å². The Morgan fingerprint density at radius 2 is 1.85 bits per heavy atom. The maximum Gasteiger partial charge on any atom is 0.355 e. The molecule has 1 aliphatic heterocycles. The minimum Gasteiger partial charge on any atom is -0.476 e. The Balaban J connectivity index is 1.83. The van der Waals surface area contributed by atoms with E-state index in [0.717, 1.165) is 10.9 Å². The predicted molar refractivity (Wildman–Crippen MR) is 91.6 cm³/mol. The van der Waals surface area contributed by atoms with E-state index in [4.69, 9.17) is 9.84 Å². The molecule has 0 amide bonds. The Morgan fingerprint density at radius 3 is 2.50 bits per heavy atom. The largest absolute Gasteiger partial charge is 0.476 e. The van der Waals surface area contributed by atoms with E-state index in [1.165, 1.54) is 0 Å². The third-order valence-electron chi connectivity index (χ3n) is 4.20. The lowest BCUT2D eigenvalue weighted by Gasteiger charge is -2.46. The van der Waals surface area contributed by atoms with E-state index < -0.39 is 17.5 Å². The molecular weight excluding hydrogens is 358 g/mol. The van der Waals surface area contributed by atoms with Crippen LogP contribution >= 0.6 is 11.3 Å². The molecule has 0 fully saturated rings. The Kier molecular flexibility index (Phi) is 3.60. The van der Waals surface area contributed by atoms with Crippen molar-refractivity contribution in [1.29, 1.82) is 0 Å². The Bertz CT molecular complexity index is 1000. The van der Waals surface area contributed by atoms with Gasteiger partial charge in [0.05, 0.1) is 5.56 Å². The van der Waals surface area contributed by atoms with Gasteiger partial charge in [-0.05, 0) is 17.2 Å². The van der Waals surface area contributed by atoms with Gasteiger partial charge in [-0.3, -0.25) is 0 Å². The summed E-state index contributed by atoms with van der Waals surface area (Å²) in [4.78, 5) is 14.7. The number of fused-ring (bicyclic) bond motifs is 1. The third kappa shape index (κ3) is 2.24. The number of carboxylic acids is 1. The summed E-state index contributed by atoms with van der Waals surface area (Å²) in [7, 11) is 0. The SMILES string of the molecule is O=C(O)c1csc(C(O)(O)C2(O)Oc3cccc(-c4ccccc4)c32)n1. The van der Waals surface area contributed by atoms with Gasteiger partial charge in [-0.25, -0.2) is 9.78 Å². The molecule has 1 atom stereocenters. The van der Waals surface area contributed by atoms with E-state index in [0.29, 0.717) is 22.6 Å². The highest BCUT2D eigenvalue weighted by atomic mass is 32.1. The lowest BCUT2D eigenvalue weighted by atomic mass is 9.85. The highest BCUT2D eigenvalue weighted by Crippen LogP contribution is 2.55. The zero-order valence-corrected chi connectivity index (χ0v) is 14.0. The molecule has 1 aliphatic rings. The average Bonchev–Trinajstić information content (AvgIpc) is 3.12. The fourth-order valence-electron chi connectivity index (χ4n) is 2.91. The van der Waals surface area contributed by atoms with Gasteiger partial charge >= 0.3 is 11.8 Å². The standard InChI is InChI=1S/C18H13NO6S/c20-15(21)12-9-26-16(19-12)17(22,23)18(24)14-11(7-4-8-13(14)25-18)10-5-2-1-3-6-10/h1-9,22-24H,(H,20,21). The molecule has 0 saturated carbocycles. The van der Waals surface area contributed by atoms with Gasteiger partial charge in [0.1, 0.15) is 5.75 Å². The summed E-state index contributed by atoms with van der Waals surface area (Å²) < 4.78 is 5.30. The fraction of sp³-hybridized carbons (Fsp3) is 0.111. The lowest BCUT2D eigenvalue weighted by molar-refractivity contribution is -0.380. The quantitative estimate of drug-likeness (QED) is 0.517. The molecule has 4 N–H and O–H groups in total. The van der Waals surface area contributed by atoms with Crippen molar-refractivity contribution in [2.45, 2.75) is 11.6 Å². The van der Waals surface area contributed by atoms with Crippen molar-refractivity contribution in [2.75, 3.05) is 0 Å². The maximum atomic E-state index is 11.0. The number of ether oxygens (including phenoxy) is 1. The Labute approximate surface area is 151 Å². The minimum absolute atomic E-state index is 0.197. The van der Waals surface area contributed by atoms with Gasteiger partial charge in [-0.2, -0.15) is 0 Å². The van der Waals surface area contributed by atoms with Crippen LogP contribution in [0.15, 0.2) is 53.9 Å². The second-order valence-corrected chi connectivity index (χ2v) is 6.66. The zero-order chi connectivity index (χ0) is 18.5. The summed E-state index contributed by atoms with van der Waals surface area (Å²) in [6, 6.07) is 14.2. The molecular formula is C18H13NO6S. The zero-order valence-electron chi connectivity index (χ0n) is 13.2. The van der Waals surface area contributed by atoms with E-state index in [1.807, 2.05) is 30.3 Å². The van der Waals surface area contributed by atoms with Crippen LogP contribution in [0.5, 0.6) is 5.75 Å². The molecule has 1 unspecified atom stereocenters. The number of benzene rings is 2. The van der Waals surface area contributed by atoms with Crippen molar-refractivity contribution in [2.24, 2.45) is 0 Å². The number of aromatic nitrogens is 1. The molecule has 8 heteroatoms. The molecule has 0 bridgehead atoms. The van der Waals surface area contributed by atoms with Crippen molar-refractivity contribution in [1.82, 2.24) is 4.98 Å². The first-order chi connectivity index (χ1) is 12.3. The topological polar surface area (TPSA) is 120 Å². The van der Waals surface area contributed by atoms with Gasteiger partial charge in [0.2, 0.25) is 0 Å². The van der Waals surface area contributed by atoms with Crippen LogP contribution in [0, 0.1) is 0 Å². The predicted octanol–water partition coefficient (Wildman–Crippen LogP) is 1.88. The summed E-state index contributed by atoms with van der Waals surface area (Å²) in [6.45, 7) is 0. The number of aromatic carboxylic acids is 1. The van der Waals surface area contributed by atoms with Crippen LogP contribution in [-0.2, 0) is 11.6 Å². The van der Waals surface area contributed by atoms with Gasteiger partial charge in [-0.15, -0.1) is 11.3 Å². The number of carboxylic acid groups (broad SMARTS) is 1. The maximum absolute atomic E-state index is 11.0. The second-order valence-electron chi connectivity index (χ2n) is 5.81. The monoisotopic (exact) mass is 371 g/mol. The molecule has 2 heterocycles. The van der Waals surface area contributed by atoms with Gasteiger partial charge in [0.15, 0.2) is 10.7 Å². The number of hydrogen-bond donors (Lipinski definition) is 4. The van der Waals surface area contributed by atoms with Crippen LogP contribution in [0.25, 0.3) is 11.1 Å². The molecule has 0 spiro atoms. The second kappa shape index (κ2) is 5.61. The first kappa shape index (κ1) is 16.7. The van der Waals surface area contributed by atoms with Gasteiger partial charge in [0, 0.05) is 5.38 Å². The summed E-state index contributed by atoms with van der Waals surface area (Å²) in [5.74, 6) is -6.42. The lowest BCUT2D eigenvalue weighted by Crippen LogP contribution is -2.58. The summed E-state index contributed by atoms with van der Waals surface area (Å²) in [5, 5.41) is 41.9. The molecule has 0 saturated heterocycles. The smallest absolute Gasteiger partial charge is 0.355 e. The molecule has 3 aromatic rings. The Hall–Kier alpha value is -2.78. The van der Waals surface area contributed by atoms with Gasteiger partial charge in [0.25, 0.3) is 5.79 Å². The van der Waals surface area contributed by atoms with E-state index >= 15 is 0 Å². The first-order valence-electron chi connectivity index (χ1n) is 7.59. The number of rotatable bonds is 4. The number of hydrogen-bond acceptors (Lipinski definition) is 7. The Morgan fingerprint density at radius 1 is 1.12 bits per heavy atom. The first-order valence-corrected chi connectivity index (χ1v) is 8.47. The van der Waals surface area contributed by atoms with Crippen LogP contribution in [-0.4, -0.2) is 31.4 Å². The van der Waals surface area contributed by atoms with Gasteiger partial charge < -0.3 is 25.2 Å². The molecule has 0 radical (unpaired) electrons. The number of aliphatic hydroxyl groups is 3. The third-order valence-corrected chi connectivity index (χ3v) is 5.14. The van der Waals surface area contributed by atoms with Crippen molar-refractivity contribution >= 4 is 17.3 Å². The van der Waals surface area contributed by atoms with Crippen LogP contribution in [0.1, 0.15) is 21.1 Å². The molecule has 4 rings (SSSR count). The van der Waals surface area contributed by atoms with E-state index in [-0.39, 0.29) is 16.3 Å². The minimum atomic E-state index is -2.93. The van der Waals surface area contributed by atoms with Gasteiger partial charge in [-0.1, -0.05) is 42.5 Å². The fourth-order valence-corrected chi connectivity index (χ4v) is 3.74. The normalized spacial score (nSPS) is 18.6. The average molecular weight is 371 g/mol. The van der Waals surface area contributed by atoms with Crippen LogP contribution in [0.4, 0.5) is 0 Å². The molecule has 2 aromatic carbocycles. The van der Waals surface area contributed by atoms with Crippen LogP contribution < -0.4 is 4.74 Å². The summed E-state index contributed by atoms with van der Waals surface area (Å²) in [6.07, 6.45) is 0. The number of carbonyl (C=O) groups is 1. The summed E-state index contributed by atoms with van der Waals surface area (Å²) in [5.41, 5.74) is 1.17. The van der Waals surface area contributed by atoms with Crippen LogP contribution in [0.3, 0.4) is 0 Å². The van der Waals surface area contributed by atoms with E-state index in [1.54, 1.807) is 18.2 Å². The van der Waals surface area contributed by atoms with Crippen LogP contribution in [0.2, 0.25) is 0 Å². The summed E-state index contributed by atoms with van der Waals surface area (Å²) >= 11 is 0.705.